The van der Waals surface area contributed by atoms with E-state index in [2.05, 4.69) is 25.7 Å². The van der Waals surface area contributed by atoms with Crippen LogP contribution in [0, 0.1) is 11.8 Å². The number of hydrogen-bond acceptors (Lipinski definition) is 5. The van der Waals surface area contributed by atoms with E-state index in [0.29, 0.717) is 17.9 Å². The van der Waals surface area contributed by atoms with Gasteiger partial charge in [-0.1, -0.05) is 134 Å². The minimum absolute atomic E-state index is 0.0946. The SMILES string of the molecule is CCCCCCCCCCCCCCOc1ccc(C#CC(=O)Oc2ccc(-c3ccc(C(=O)OC(C)CCCCCC)cc3)cc2)cc1. The molecule has 0 N–H and O–H groups in total. The normalized spacial score (nSPS) is 11.3. The molecule has 5 heteroatoms. The fraction of sp³-hybridized carbons (Fsp3) is 0.500. The Kier molecular flexibility index (Phi) is 19.4. The number of unbranched alkanes of at least 4 members (excludes halogenated alkanes) is 14. The van der Waals surface area contributed by atoms with Gasteiger partial charge in [0.05, 0.1) is 18.3 Å². The first-order valence-corrected chi connectivity index (χ1v) is 18.9. The second-order valence-corrected chi connectivity index (χ2v) is 13.1. The van der Waals surface area contributed by atoms with Crippen LogP contribution >= 0.6 is 0 Å². The molecule has 0 radical (unpaired) electrons. The first-order valence-electron chi connectivity index (χ1n) is 18.9. The molecule has 1 atom stereocenters. The largest absolute Gasteiger partial charge is 0.494 e. The van der Waals surface area contributed by atoms with Crippen molar-refractivity contribution in [1.29, 1.82) is 0 Å². The second-order valence-electron chi connectivity index (χ2n) is 13.1. The highest BCUT2D eigenvalue weighted by Crippen LogP contribution is 2.24. The fourth-order valence-electron chi connectivity index (χ4n) is 5.71. The van der Waals surface area contributed by atoms with Crippen LogP contribution in [0.1, 0.15) is 146 Å². The molecule has 0 saturated heterocycles. The third kappa shape index (κ3) is 16.8. The van der Waals surface area contributed by atoms with Gasteiger partial charge in [0.2, 0.25) is 0 Å². The molecule has 5 nitrogen and oxygen atoms in total. The van der Waals surface area contributed by atoms with Crippen molar-refractivity contribution in [3.05, 3.63) is 83.9 Å². The molecule has 0 aliphatic carbocycles. The van der Waals surface area contributed by atoms with Crippen molar-refractivity contribution in [1.82, 2.24) is 0 Å². The molecular formula is C44H58O5. The number of carbonyl (C=O) groups excluding carboxylic acids is 2. The molecule has 0 aromatic heterocycles. The van der Waals surface area contributed by atoms with E-state index < -0.39 is 5.97 Å². The number of hydrogen-bond donors (Lipinski definition) is 0. The molecule has 0 fully saturated rings. The van der Waals surface area contributed by atoms with Gasteiger partial charge in [-0.15, -0.1) is 0 Å². The van der Waals surface area contributed by atoms with Crippen LogP contribution in [-0.4, -0.2) is 24.6 Å². The highest BCUT2D eigenvalue weighted by Gasteiger charge is 2.12. The van der Waals surface area contributed by atoms with Gasteiger partial charge in [-0.2, -0.15) is 0 Å². The van der Waals surface area contributed by atoms with Gasteiger partial charge in [-0.25, -0.2) is 9.59 Å². The summed E-state index contributed by atoms with van der Waals surface area (Å²) in [5.41, 5.74) is 3.14. The first-order chi connectivity index (χ1) is 24.0. The minimum Gasteiger partial charge on any atom is -0.494 e. The van der Waals surface area contributed by atoms with Crippen molar-refractivity contribution in [2.24, 2.45) is 0 Å². The molecule has 3 rings (SSSR count). The molecule has 3 aromatic carbocycles. The van der Waals surface area contributed by atoms with Gasteiger partial charge < -0.3 is 14.2 Å². The van der Waals surface area contributed by atoms with E-state index in [4.69, 9.17) is 14.2 Å². The average molecular weight is 667 g/mol. The highest BCUT2D eigenvalue weighted by molar-refractivity contribution is 5.91. The molecule has 1 unspecified atom stereocenters. The summed E-state index contributed by atoms with van der Waals surface area (Å²) < 4.78 is 16.9. The molecule has 0 aliphatic rings. The standard InChI is InChI=1S/C44H58O5/c1-4-6-8-10-11-12-13-14-15-16-17-19-35-47-41-30-21-37(22-31-41)23-34-43(45)49-42-32-28-39(29-33-42)38-24-26-40(27-25-38)44(46)48-36(3)20-18-9-7-5-2/h21-22,24-33,36H,4-20,35H2,1-3H3. The summed E-state index contributed by atoms with van der Waals surface area (Å²) in [7, 11) is 0. The Bertz CT molecular complexity index is 1400. The van der Waals surface area contributed by atoms with Crippen molar-refractivity contribution in [3.63, 3.8) is 0 Å². The van der Waals surface area contributed by atoms with Crippen LogP contribution in [0.15, 0.2) is 72.8 Å². The molecule has 0 bridgehead atoms. The third-order valence-electron chi connectivity index (χ3n) is 8.72. The average Bonchev–Trinajstić information content (AvgIpc) is 3.12. The molecule has 0 saturated carbocycles. The van der Waals surface area contributed by atoms with Crippen molar-refractivity contribution in [3.8, 4) is 34.5 Å². The lowest BCUT2D eigenvalue weighted by Gasteiger charge is -2.13. The van der Waals surface area contributed by atoms with Crippen molar-refractivity contribution >= 4 is 11.9 Å². The molecule has 264 valence electrons. The van der Waals surface area contributed by atoms with E-state index in [1.54, 1.807) is 24.3 Å². The summed E-state index contributed by atoms with van der Waals surface area (Å²) in [4.78, 5) is 24.9. The van der Waals surface area contributed by atoms with Gasteiger partial charge in [0.1, 0.15) is 11.5 Å². The molecule has 3 aromatic rings. The van der Waals surface area contributed by atoms with Crippen LogP contribution < -0.4 is 9.47 Å². The minimum atomic E-state index is -0.623. The van der Waals surface area contributed by atoms with Crippen LogP contribution in [0.3, 0.4) is 0 Å². The van der Waals surface area contributed by atoms with Gasteiger partial charge in [0, 0.05) is 11.5 Å². The number of benzene rings is 3. The molecule has 49 heavy (non-hydrogen) atoms. The Morgan fingerprint density at radius 1 is 0.592 bits per heavy atom. The smallest absolute Gasteiger partial charge is 0.390 e. The van der Waals surface area contributed by atoms with Crippen molar-refractivity contribution in [2.45, 2.75) is 136 Å². The zero-order valence-corrected chi connectivity index (χ0v) is 30.3. The summed E-state index contributed by atoms with van der Waals surface area (Å²) in [6.07, 6.45) is 21.3. The summed E-state index contributed by atoms with van der Waals surface area (Å²) in [6.45, 7) is 7.12. The Labute approximate surface area is 296 Å². The Morgan fingerprint density at radius 3 is 1.65 bits per heavy atom. The van der Waals surface area contributed by atoms with Crippen LogP contribution in [0.2, 0.25) is 0 Å². The summed E-state index contributed by atoms with van der Waals surface area (Å²) in [5.74, 6) is 5.74. The summed E-state index contributed by atoms with van der Waals surface area (Å²) in [6, 6.07) is 22.1. The van der Waals surface area contributed by atoms with Crippen LogP contribution in [-0.2, 0) is 9.53 Å². The summed E-state index contributed by atoms with van der Waals surface area (Å²) in [5, 5.41) is 0. The van der Waals surface area contributed by atoms with Crippen LogP contribution in [0.5, 0.6) is 11.5 Å². The van der Waals surface area contributed by atoms with E-state index in [-0.39, 0.29) is 12.1 Å². The maximum Gasteiger partial charge on any atom is 0.390 e. The molecule has 0 spiro atoms. The number of esters is 2. The van der Waals surface area contributed by atoms with E-state index in [0.717, 1.165) is 41.7 Å². The fourth-order valence-corrected chi connectivity index (χ4v) is 5.71. The van der Waals surface area contributed by atoms with Gasteiger partial charge >= 0.3 is 11.9 Å². The highest BCUT2D eigenvalue weighted by atomic mass is 16.5. The van der Waals surface area contributed by atoms with E-state index >= 15 is 0 Å². The Hall–Kier alpha value is -4.04. The lowest BCUT2D eigenvalue weighted by atomic mass is 10.0. The first kappa shape index (κ1) is 39.4. The monoisotopic (exact) mass is 666 g/mol. The van der Waals surface area contributed by atoms with Gasteiger partial charge in [-0.05, 0) is 85.8 Å². The lowest BCUT2D eigenvalue weighted by Crippen LogP contribution is -2.15. The molecular weight excluding hydrogens is 608 g/mol. The predicted molar refractivity (Wildman–Crippen MR) is 201 cm³/mol. The number of carbonyl (C=O) groups is 2. The van der Waals surface area contributed by atoms with Gasteiger partial charge in [0.25, 0.3) is 0 Å². The number of ether oxygens (including phenoxy) is 3. The van der Waals surface area contributed by atoms with Crippen LogP contribution in [0.25, 0.3) is 11.1 Å². The van der Waals surface area contributed by atoms with E-state index in [9.17, 15) is 9.59 Å². The third-order valence-corrected chi connectivity index (χ3v) is 8.72. The quantitative estimate of drug-likeness (QED) is 0.0436. The lowest BCUT2D eigenvalue weighted by molar-refractivity contribution is -0.128. The second kappa shape index (κ2) is 24.2. The van der Waals surface area contributed by atoms with Crippen molar-refractivity contribution in [2.75, 3.05) is 6.61 Å². The molecule has 0 heterocycles. The molecule has 0 amide bonds. The van der Waals surface area contributed by atoms with E-state index in [1.807, 2.05) is 55.5 Å². The topological polar surface area (TPSA) is 61.8 Å². The Morgan fingerprint density at radius 2 is 1.08 bits per heavy atom. The zero-order valence-electron chi connectivity index (χ0n) is 30.3. The molecule has 0 aliphatic heterocycles. The zero-order chi connectivity index (χ0) is 34.9. The van der Waals surface area contributed by atoms with Gasteiger partial charge in [-0.3, -0.25) is 0 Å². The van der Waals surface area contributed by atoms with E-state index in [1.165, 1.54) is 89.9 Å². The van der Waals surface area contributed by atoms with Gasteiger partial charge in [0.15, 0.2) is 0 Å². The summed E-state index contributed by atoms with van der Waals surface area (Å²) >= 11 is 0. The maximum atomic E-state index is 12.5. The van der Waals surface area contributed by atoms with Crippen molar-refractivity contribution < 1.29 is 23.8 Å². The Balaban J connectivity index is 1.32. The number of rotatable bonds is 23. The maximum absolute atomic E-state index is 12.5. The predicted octanol–water partition coefficient (Wildman–Crippen LogP) is 11.9. The van der Waals surface area contributed by atoms with Crippen LogP contribution in [0.4, 0.5) is 0 Å².